The minimum Gasteiger partial charge on any atom is -0.462 e. The van der Waals surface area contributed by atoms with E-state index in [2.05, 4.69) is 4.90 Å². The van der Waals surface area contributed by atoms with Crippen molar-refractivity contribution in [2.75, 3.05) is 19.6 Å². The van der Waals surface area contributed by atoms with Crippen LogP contribution < -0.4 is 0 Å². The van der Waals surface area contributed by atoms with Crippen LogP contribution in [0.5, 0.6) is 0 Å². The number of aliphatic hydroxyl groups is 2. The summed E-state index contributed by atoms with van der Waals surface area (Å²) in [5, 5.41) is 21.8. The second-order valence-electron chi connectivity index (χ2n) is 12.5. The average molecular weight is 554 g/mol. The third kappa shape index (κ3) is 5.54. The van der Waals surface area contributed by atoms with Gasteiger partial charge in [-0.3, -0.25) is 19.2 Å². The van der Waals surface area contributed by atoms with Crippen molar-refractivity contribution in [2.24, 2.45) is 29.1 Å². The molecule has 0 amide bonds. The lowest BCUT2D eigenvalue weighted by Crippen LogP contribution is -2.73. The molecule has 0 radical (unpaired) electrons. The van der Waals surface area contributed by atoms with E-state index in [1.807, 2.05) is 0 Å². The van der Waals surface area contributed by atoms with Gasteiger partial charge in [0.2, 0.25) is 0 Å². The predicted octanol–water partition coefficient (Wildman–Crippen LogP) is 1.21. The standard InChI is InChI=1S/C28H43NO10/c1-14(2)25(33)38-21-20-18(13-29-11-8-17(32)9-12-29)26(34)39-22(20)24(37-16(4)31)28(6)19(36-15(3)30)7-10-27(5,35)23(21)28/h14,17-24,32,35H,7-13H2,1-6H3/t18-,19+,20+,21+,22+,23-,24+,27+,28-/m1/s1. The zero-order valence-electron chi connectivity index (χ0n) is 23.8. The third-order valence-electron chi connectivity index (χ3n) is 9.30. The Morgan fingerprint density at radius 3 is 2.23 bits per heavy atom. The van der Waals surface area contributed by atoms with Gasteiger partial charge >= 0.3 is 23.9 Å². The first-order chi connectivity index (χ1) is 18.2. The first-order valence-corrected chi connectivity index (χ1v) is 14.0. The van der Waals surface area contributed by atoms with Crippen molar-refractivity contribution in [1.29, 1.82) is 0 Å². The number of fused-ring (bicyclic) bond motifs is 2. The van der Waals surface area contributed by atoms with Crippen molar-refractivity contribution >= 4 is 23.9 Å². The van der Waals surface area contributed by atoms with Gasteiger partial charge in [0.05, 0.1) is 34.9 Å². The first kappa shape index (κ1) is 29.7. The molecule has 2 saturated heterocycles. The molecule has 4 aliphatic rings. The molecule has 2 heterocycles. The van der Waals surface area contributed by atoms with Gasteiger partial charge in [-0.15, -0.1) is 0 Å². The quantitative estimate of drug-likeness (QED) is 0.361. The van der Waals surface area contributed by atoms with Gasteiger partial charge in [-0.25, -0.2) is 0 Å². The van der Waals surface area contributed by atoms with Crippen molar-refractivity contribution in [1.82, 2.24) is 4.90 Å². The SMILES string of the molecule is CC(=O)O[C@H]1CC[C@](C)(O)[C@H]2[C@@H](OC(=O)C(C)C)[C@H]3[C@H](OC(=O)[C@@H]3CN3CCC(O)CC3)[C@H](OC(C)=O)[C@]12C. The van der Waals surface area contributed by atoms with Crippen LogP contribution in [0.1, 0.15) is 67.2 Å². The summed E-state index contributed by atoms with van der Waals surface area (Å²) in [6.45, 7) is 10.9. The number of aliphatic hydroxyl groups excluding tert-OH is 1. The van der Waals surface area contributed by atoms with Gasteiger partial charge in [0, 0.05) is 39.4 Å². The Labute approximate surface area is 229 Å². The molecule has 2 N–H and O–H groups in total. The lowest BCUT2D eigenvalue weighted by Gasteiger charge is -2.62. The van der Waals surface area contributed by atoms with Crippen molar-refractivity contribution in [3.05, 3.63) is 0 Å². The summed E-state index contributed by atoms with van der Waals surface area (Å²) in [5.41, 5.74) is -2.63. The normalized spacial score (nSPS) is 40.8. The number of rotatable bonds is 6. The molecule has 0 aromatic rings. The number of hydrogen-bond donors (Lipinski definition) is 2. The van der Waals surface area contributed by atoms with Crippen LogP contribution in [-0.2, 0) is 38.1 Å². The van der Waals surface area contributed by atoms with Crippen LogP contribution in [0, 0.1) is 29.1 Å². The predicted molar refractivity (Wildman–Crippen MR) is 136 cm³/mol. The summed E-state index contributed by atoms with van der Waals surface area (Å²) in [4.78, 5) is 53.2. The fraction of sp³-hybridized carbons (Fsp3) is 0.857. The largest absolute Gasteiger partial charge is 0.462 e. The van der Waals surface area contributed by atoms with Crippen LogP contribution in [0.15, 0.2) is 0 Å². The van der Waals surface area contributed by atoms with E-state index in [0.717, 1.165) is 0 Å². The molecule has 220 valence electrons. The second-order valence-corrected chi connectivity index (χ2v) is 12.5. The highest BCUT2D eigenvalue weighted by Crippen LogP contribution is 2.61. The topological polar surface area (TPSA) is 149 Å². The van der Waals surface area contributed by atoms with Gasteiger partial charge in [-0.2, -0.15) is 0 Å². The molecule has 4 fully saturated rings. The minimum atomic E-state index is -1.40. The van der Waals surface area contributed by atoms with Gasteiger partial charge in [-0.05, 0) is 32.6 Å². The molecule has 0 bridgehead atoms. The summed E-state index contributed by atoms with van der Waals surface area (Å²) < 4.78 is 23.7. The lowest BCUT2D eigenvalue weighted by molar-refractivity contribution is -0.284. The number of carbonyl (C=O) groups excluding carboxylic acids is 4. The van der Waals surface area contributed by atoms with Crippen LogP contribution >= 0.6 is 0 Å². The van der Waals surface area contributed by atoms with Crippen molar-refractivity contribution in [3.63, 3.8) is 0 Å². The van der Waals surface area contributed by atoms with Crippen molar-refractivity contribution in [2.45, 2.75) is 103 Å². The molecule has 4 rings (SSSR count). The highest BCUT2D eigenvalue weighted by molar-refractivity contribution is 5.77. The Hall–Kier alpha value is -2.24. The van der Waals surface area contributed by atoms with E-state index in [-0.39, 0.29) is 18.9 Å². The van der Waals surface area contributed by atoms with Gasteiger partial charge in [-0.1, -0.05) is 20.8 Å². The van der Waals surface area contributed by atoms with Gasteiger partial charge in [0.1, 0.15) is 24.4 Å². The number of ether oxygens (including phenoxy) is 4. The Kier molecular flexibility index (Phi) is 8.36. The maximum Gasteiger partial charge on any atom is 0.311 e. The second kappa shape index (κ2) is 11.0. The molecule has 11 nitrogen and oxygen atoms in total. The highest BCUT2D eigenvalue weighted by atomic mass is 16.6. The molecule has 39 heavy (non-hydrogen) atoms. The maximum absolute atomic E-state index is 13.5. The Morgan fingerprint density at radius 2 is 1.67 bits per heavy atom. The number of esters is 4. The zero-order chi connectivity index (χ0) is 28.9. The summed E-state index contributed by atoms with van der Waals surface area (Å²) in [6.07, 6.45) is -2.47. The summed E-state index contributed by atoms with van der Waals surface area (Å²) in [6, 6.07) is 0. The van der Waals surface area contributed by atoms with Gasteiger partial charge in [0.15, 0.2) is 0 Å². The monoisotopic (exact) mass is 553 g/mol. The molecule has 2 aliphatic heterocycles. The number of piperidine rings is 1. The highest BCUT2D eigenvalue weighted by Gasteiger charge is 2.73. The van der Waals surface area contributed by atoms with Gasteiger partial charge in [0.25, 0.3) is 0 Å². The van der Waals surface area contributed by atoms with Gasteiger partial charge < -0.3 is 34.1 Å². The van der Waals surface area contributed by atoms with Crippen LogP contribution in [-0.4, -0.2) is 94.7 Å². The molecule has 0 spiro atoms. The fourth-order valence-electron chi connectivity index (χ4n) is 7.52. The number of likely N-dealkylation sites (tertiary alicyclic amines) is 1. The van der Waals surface area contributed by atoms with Crippen LogP contribution in [0.4, 0.5) is 0 Å². The Morgan fingerprint density at radius 1 is 1.05 bits per heavy atom. The summed E-state index contributed by atoms with van der Waals surface area (Å²) >= 11 is 0. The van der Waals surface area contributed by atoms with E-state index in [1.54, 1.807) is 27.7 Å². The van der Waals surface area contributed by atoms with E-state index in [9.17, 15) is 29.4 Å². The summed E-state index contributed by atoms with van der Waals surface area (Å²) in [5.74, 6) is -4.86. The molecule has 0 aromatic heterocycles. The number of hydrogen-bond acceptors (Lipinski definition) is 11. The minimum absolute atomic E-state index is 0.245. The van der Waals surface area contributed by atoms with E-state index in [0.29, 0.717) is 32.5 Å². The molecule has 0 aromatic carbocycles. The number of carbonyl (C=O) groups is 4. The van der Waals surface area contributed by atoms with Crippen LogP contribution in [0.2, 0.25) is 0 Å². The average Bonchev–Trinajstić information content (AvgIpc) is 3.14. The Bertz CT molecular complexity index is 973. The fourth-order valence-corrected chi connectivity index (χ4v) is 7.52. The maximum atomic E-state index is 13.5. The molecular weight excluding hydrogens is 510 g/mol. The molecule has 11 heteroatoms. The van der Waals surface area contributed by atoms with Crippen molar-refractivity contribution in [3.8, 4) is 0 Å². The summed E-state index contributed by atoms with van der Waals surface area (Å²) in [7, 11) is 0. The smallest absolute Gasteiger partial charge is 0.311 e. The van der Waals surface area contributed by atoms with E-state index >= 15 is 0 Å². The molecule has 2 saturated carbocycles. The van der Waals surface area contributed by atoms with E-state index in [4.69, 9.17) is 18.9 Å². The first-order valence-electron chi connectivity index (χ1n) is 14.0. The van der Waals surface area contributed by atoms with Crippen LogP contribution in [0.3, 0.4) is 0 Å². The van der Waals surface area contributed by atoms with E-state index in [1.165, 1.54) is 13.8 Å². The zero-order valence-corrected chi connectivity index (χ0v) is 23.8. The third-order valence-corrected chi connectivity index (χ3v) is 9.30. The molecule has 2 aliphatic carbocycles. The molecule has 0 unspecified atom stereocenters. The van der Waals surface area contributed by atoms with Crippen LogP contribution in [0.25, 0.3) is 0 Å². The molecule has 9 atom stereocenters. The molecular formula is C28H43NO10. The Balaban J connectivity index is 1.83. The van der Waals surface area contributed by atoms with E-state index < -0.39 is 83.0 Å². The number of nitrogens with zero attached hydrogens (tertiary/aromatic N) is 1. The lowest BCUT2D eigenvalue weighted by atomic mass is 9.48. The van der Waals surface area contributed by atoms with Crippen molar-refractivity contribution < 1.29 is 48.3 Å².